The molecule has 1 aromatic carbocycles. The van der Waals surface area contributed by atoms with E-state index in [-0.39, 0.29) is 17.7 Å². The number of hydrogen-bond acceptors (Lipinski definition) is 5. The van der Waals surface area contributed by atoms with Crippen molar-refractivity contribution >= 4 is 23.4 Å². The van der Waals surface area contributed by atoms with Crippen molar-refractivity contribution in [3.8, 4) is 17.0 Å². The summed E-state index contributed by atoms with van der Waals surface area (Å²) in [6.07, 6.45) is 2.03. The number of nitrogens with zero attached hydrogens (tertiary/aromatic N) is 1. The molecule has 1 unspecified atom stereocenters. The van der Waals surface area contributed by atoms with Crippen LogP contribution in [-0.2, 0) is 20.8 Å². The van der Waals surface area contributed by atoms with Crippen LogP contribution >= 0.6 is 0 Å². The zero-order chi connectivity index (χ0) is 21.0. The number of anilines is 1. The van der Waals surface area contributed by atoms with Gasteiger partial charge in [0.1, 0.15) is 0 Å². The van der Waals surface area contributed by atoms with Crippen molar-refractivity contribution in [3.63, 3.8) is 0 Å². The molecule has 0 spiro atoms. The first kappa shape index (κ1) is 20.3. The van der Waals surface area contributed by atoms with Crippen LogP contribution in [0.2, 0.25) is 0 Å². The van der Waals surface area contributed by atoms with E-state index in [2.05, 4.69) is 20.9 Å². The molecule has 8 nitrogen and oxygen atoms in total. The lowest BCUT2D eigenvalue weighted by molar-refractivity contribution is -0.134. The normalized spacial score (nSPS) is 17.1. The summed E-state index contributed by atoms with van der Waals surface area (Å²) >= 11 is 0. The Kier molecular flexibility index (Phi) is 5.81. The molecule has 1 atom stereocenters. The van der Waals surface area contributed by atoms with Gasteiger partial charge in [-0.3, -0.25) is 14.4 Å². The number of carbonyl (C=O) groups is 3. The van der Waals surface area contributed by atoms with Crippen molar-refractivity contribution in [1.29, 1.82) is 0 Å². The summed E-state index contributed by atoms with van der Waals surface area (Å²) in [5, 5.41) is 8.17. The molecule has 1 aliphatic heterocycles. The first-order valence-electron chi connectivity index (χ1n) is 9.36. The van der Waals surface area contributed by atoms with Crippen LogP contribution in [0.1, 0.15) is 26.3 Å². The SMILES string of the molecule is CC(=O)NCCNC(=O)C1(C)Cc2c(-c3ccc(NC(C)=O)cc3)ccnc2O1. The van der Waals surface area contributed by atoms with Crippen LogP contribution in [-0.4, -0.2) is 41.4 Å². The van der Waals surface area contributed by atoms with Gasteiger partial charge in [-0.25, -0.2) is 4.98 Å². The average Bonchev–Trinajstić information content (AvgIpc) is 3.02. The first-order valence-corrected chi connectivity index (χ1v) is 9.36. The molecule has 0 radical (unpaired) electrons. The highest BCUT2D eigenvalue weighted by Crippen LogP contribution is 2.39. The van der Waals surface area contributed by atoms with Gasteiger partial charge in [0, 0.05) is 50.8 Å². The van der Waals surface area contributed by atoms with Crippen LogP contribution in [0.5, 0.6) is 5.88 Å². The van der Waals surface area contributed by atoms with E-state index in [9.17, 15) is 14.4 Å². The number of nitrogens with one attached hydrogen (secondary N) is 3. The average molecular weight is 396 g/mol. The smallest absolute Gasteiger partial charge is 0.264 e. The molecule has 1 aromatic heterocycles. The Bertz CT molecular complexity index is 942. The van der Waals surface area contributed by atoms with Crippen molar-refractivity contribution in [2.75, 3.05) is 18.4 Å². The molecule has 152 valence electrons. The highest BCUT2D eigenvalue weighted by atomic mass is 16.5. The third-order valence-electron chi connectivity index (χ3n) is 4.63. The second-order valence-corrected chi connectivity index (χ2v) is 7.15. The summed E-state index contributed by atoms with van der Waals surface area (Å²) in [6.45, 7) is 5.29. The van der Waals surface area contributed by atoms with E-state index >= 15 is 0 Å². The minimum absolute atomic E-state index is 0.128. The second kappa shape index (κ2) is 8.30. The van der Waals surface area contributed by atoms with E-state index in [4.69, 9.17) is 4.74 Å². The van der Waals surface area contributed by atoms with Gasteiger partial charge in [0.05, 0.1) is 0 Å². The molecule has 0 aliphatic carbocycles. The predicted molar refractivity (Wildman–Crippen MR) is 108 cm³/mol. The van der Waals surface area contributed by atoms with E-state index in [1.54, 1.807) is 13.1 Å². The maximum absolute atomic E-state index is 12.7. The van der Waals surface area contributed by atoms with Gasteiger partial charge in [-0.2, -0.15) is 0 Å². The molecule has 29 heavy (non-hydrogen) atoms. The van der Waals surface area contributed by atoms with Gasteiger partial charge in [-0.15, -0.1) is 0 Å². The summed E-state index contributed by atoms with van der Waals surface area (Å²) in [4.78, 5) is 39.1. The highest BCUT2D eigenvalue weighted by molar-refractivity contribution is 5.89. The monoisotopic (exact) mass is 396 g/mol. The topological polar surface area (TPSA) is 109 Å². The lowest BCUT2D eigenvalue weighted by Crippen LogP contribution is -2.49. The van der Waals surface area contributed by atoms with E-state index in [0.29, 0.717) is 31.1 Å². The minimum atomic E-state index is -1.07. The number of fused-ring (bicyclic) bond motifs is 1. The quantitative estimate of drug-likeness (QED) is 0.644. The molecule has 2 aromatic rings. The number of aromatic nitrogens is 1. The molecule has 3 rings (SSSR count). The third-order valence-corrected chi connectivity index (χ3v) is 4.63. The van der Waals surface area contributed by atoms with E-state index in [1.807, 2.05) is 30.3 Å². The van der Waals surface area contributed by atoms with Gasteiger partial charge in [0.25, 0.3) is 5.91 Å². The van der Waals surface area contributed by atoms with Crippen molar-refractivity contribution in [2.24, 2.45) is 0 Å². The highest BCUT2D eigenvalue weighted by Gasteiger charge is 2.43. The molecule has 2 heterocycles. The molecule has 3 amide bonds. The standard InChI is InChI=1S/C21H24N4O4/c1-13(26)22-10-11-24-20(28)21(3)12-18-17(8-9-23-19(18)29-21)15-4-6-16(7-5-15)25-14(2)27/h4-9H,10-12H2,1-3H3,(H,22,26)(H,24,28)(H,25,27). The Balaban J connectivity index is 1.74. The number of ether oxygens (including phenoxy) is 1. The van der Waals surface area contributed by atoms with Crippen LogP contribution in [0.3, 0.4) is 0 Å². The Morgan fingerprint density at radius 2 is 1.72 bits per heavy atom. The number of amides is 3. The van der Waals surface area contributed by atoms with Gasteiger partial charge in [0.15, 0.2) is 5.60 Å². The molecule has 8 heteroatoms. The van der Waals surface area contributed by atoms with Crippen molar-refractivity contribution in [3.05, 3.63) is 42.1 Å². The molecule has 3 N–H and O–H groups in total. The van der Waals surface area contributed by atoms with Crippen molar-refractivity contribution in [2.45, 2.75) is 32.8 Å². The molecule has 0 fully saturated rings. The maximum atomic E-state index is 12.7. The zero-order valence-electron chi connectivity index (χ0n) is 16.7. The summed E-state index contributed by atoms with van der Waals surface area (Å²) in [6, 6.07) is 9.35. The van der Waals surface area contributed by atoms with Gasteiger partial charge in [-0.1, -0.05) is 12.1 Å². The number of carbonyl (C=O) groups excluding carboxylic acids is 3. The van der Waals surface area contributed by atoms with Crippen LogP contribution in [0.4, 0.5) is 5.69 Å². The van der Waals surface area contributed by atoms with E-state index in [0.717, 1.165) is 16.7 Å². The summed E-state index contributed by atoms with van der Waals surface area (Å²) in [5.74, 6) is -0.0923. The van der Waals surface area contributed by atoms with Crippen molar-refractivity contribution in [1.82, 2.24) is 15.6 Å². The minimum Gasteiger partial charge on any atom is -0.461 e. The number of benzene rings is 1. The van der Waals surface area contributed by atoms with Crippen LogP contribution in [0.25, 0.3) is 11.1 Å². The lowest BCUT2D eigenvalue weighted by atomic mass is 9.93. The molecule has 0 bridgehead atoms. The van der Waals surface area contributed by atoms with Crippen molar-refractivity contribution < 1.29 is 19.1 Å². The Morgan fingerprint density at radius 1 is 1.03 bits per heavy atom. The Hall–Kier alpha value is -3.42. The molecule has 0 saturated heterocycles. The number of hydrogen-bond donors (Lipinski definition) is 3. The van der Waals surface area contributed by atoms with Gasteiger partial charge >= 0.3 is 0 Å². The van der Waals surface area contributed by atoms with Gasteiger partial charge < -0.3 is 20.7 Å². The van der Waals surface area contributed by atoms with Gasteiger partial charge in [0.2, 0.25) is 17.7 Å². The van der Waals surface area contributed by atoms with E-state index < -0.39 is 5.60 Å². The maximum Gasteiger partial charge on any atom is 0.264 e. The van der Waals surface area contributed by atoms with Crippen LogP contribution in [0.15, 0.2) is 36.5 Å². The Labute approximate surface area is 169 Å². The zero-order valence-corrected chi connectivity index (χ0v) is 16.7. The molecule has 1 aliphatic rings. The molecule has 0 saturated carbocycles. The Morgan fingerprint density at radius 3 is 2.38 bits per heavy atom. The molecular formula is C21H24N4O4. The summed E-state index contributed by atoms with van der Waals surface area (Å²) in [5.41, 5.74) is 2.37. The fourth-order valence-electron chi connectivity index (χ4n) is 3.25. The number of pyridine rings is 1. The van der Waals surface area contributed by atoms with Crippen LogP contribution < -0.4 is 20.7 Å². The third kappa shape index (κ3) is 4.71. The second-order valence-electron chi connectivity index (χ2n) is 7.15. The lowest BCUT2D eigenvalue weighted by Gasteiger charge is -2.22. The van der Waals surface area contributed by atoms with Gasteiger partial charge in [-0.05, 0) is 36.2 Å². The fourth-order valence-corrected chi connectivity index (χ4v) is 3.25. The summed E-state index contributed by atoms with van der Waals surface area (Å²) < 4.78 is 5.91. The summed E-state index contributed by atoms with van der Waals surface area (Å²) in [7, 11) is 0. The molecular weight excluding hydrogens is 372 g/mol. The fraction of sp³-hybridized carbons (Fsp3) is 0.333. The largest absolute Gasteiger partial charge is 0.461 e. The number of rotatable bonds is 6. The van der Waals surface area contributed by atoms with Crippen LogP contribution in [0, 0.1) is 0 Å². The first-order chi connectivity index (χ1) is 13.8. The van der Waals surface area contributed by atoms with E-state index in [1.165, 1.54) is 13.8 Å². The predicted octanol–water partition coefficient (Wildman–Crippen LogP) is 1.65.